The molecule has 3 aromatic rings. The van der Waals surface area contributed by atoms with E-state index in [1.165, 1.54) is 0 Å². The summed E-state index contributed by atoms with van der Waals surface area (Å²) in [6.07, 6.45) is 2.44. The monoisotopic (exact) mass is 339 g/mol. The summed E-state index contributed by atoms with van der Waals surface area (Å²) in [5.41, 5.74) is 9.16. The second-order valence-corrected chi connectivity index (χ2v) is 5.65. The van der Waals surface area contributed by atoms with Crippen molar-refractivity contribution in [2.45, 2.75) is 13.0 Å². The number of ether oxygens (including phenoxy) is 1. The molecule has 0 saturated heterocycles. The number of hydrogen-bond donors (Lipinski definition) is 2. The van der Waals surface area contributed by atoms with E-state index in [2.05, 4.69) is 21.9 Å². The lowest BCUT2D eigenvalue weighted by Gasteiger charge is -2.06. The van der Waals surface area contributed by atoms with Gasteiger partial charge in [0.25, 0.3) is 5.91 Å². The van der Waals surface area contributed by atoms with Gasteiger partial charge < -0.3 is 20.4 Å². The lowest BCUT2D eigenvalue weighted by atomic mass is 10.2. The summed E-state index contributed by atoms with van der Waals surface area (Å²) >= 11 is 0. The van der Waals surface area contributed by atoms with Crippen molar-refractivity contribution in [3.8, 4) is 0 Å². The molecule has 0 atom stereocenters. The molecular weight excluding hydrogens is 318 g/mol. The highest BCUT2D eigenvalue weighted by molar-refractivity contribution is 6.10. The van der Waals surface area contributed by atoms with Crippen molar-refractivity contribution in [1.82, 2.24) is 19.9 Å². The van der Waals surface area contributed by atoms with Crippen LogP contribution in [0, 0.1) is 0 Å². The third-order valence-corrected chi connectivity index (χ3v) is 3.94. The smallest absolute Gasteiger partial charge is 0.257 e. The number of carbonyl (C=O) groups is 1. The zero-order valence-electron chi connectivity index (χ0n) is 14.2. The first-order valence-electron chi connectivity index (χ1n) is 8.09. The molecular formula is C18H21N5O2. The van der Waals surface area contributed by atoms with Gasteiger partial charge in [-0.1, -0.05) is 18.2 Å². The van der Waals surface area contributed by atoms with Crippen LogP contribution in [0.3, 0.4) is 0 Å². The maximum absolute atomic E-state index is 12.7. The fourth-order valence-corrected chi connectivity index (χ4v) is 2.76. The van der Waals surface area contributed by atoms with Crippen LogP contribution in [0.4, 0.5) is 5.82 Å². The number of benzene rings is 1. The number of allylic oxidation sites excluding steroid dienone is 1. The number of aromatic nitrogens is 3. The zero-order chi connectivity index (χ0) is 17.8. The van der Waals surface area contributed by atoms with Gasteiger partial charge in [0.2, 0.25) is 0 Å². The first-order chi connectivity index (χ1) is 12.2. The Kier molecular flexibility index (Phi) is 4.95. The second kappa shape index (κ2) is 7.31. The Morgan fingerprint density at radius 3 is 2.76 bits per heavy atom. The number of nitrogens with zero attached hydrogens (tertiary/aromatic N) is 3. The molecule has 0 aliphatic heterocycles. The number of carbonyl (C=O) groups excluding carboxylic acids is 1. The quantitative estimate of drug-likeness (QED) is 0.508. The molecule has 130 valence electrons. The fourth-order valence-electron chi connectivity index (χ4n) is 2.76. The number of methoxy groups -OCH3 is 1. The Bertz CT molecular complexity index is 932. The van der Waals surface area contributed by atoms with Crippen LogP contribution < -0.4 is 11.1 Å². The molecule has 0 aliphatic rings. The number of amides is 1. The molecule has 2 heterocycles. The minimum atomic E-state index is -0.258. The zero-order valence-corrected chi connectivity index (χ0v) is 14.2. The molecule has 0 radical (unpaired) electrons. The molecule has 3 rings (SSSR count). The number of nitrogen functional groups attached to an aromatic ring is 1. The Morgan fingerprint density at radius 2 is 2.08 bits per heavy atom. The van der Waals surface area contributed by atoms with Crippen LogP contribution in [0.15, 0.2) is 36.9 Å². The Hall–Kier alpha value is -2.93. The average Bonchev–Trinajstić information content (AvgIpc) is 2.88. The van der Waals surface area contributed by atoms with Crippen LogP contribution in [-0.4, -0.2) is 40.7 Å². The number of nitrogens with one attached hydrogen (secondary N) is 1. The number of para-hydroxylation sites is 2. The number of hydrogen-bond acceptors (Lipinski definition) is 5. The van der Waals surface area contributed by atoms with E-state index < -0.39 is 0 Å². The molecule has 2 aromatic heterocycles. The van der Waals surface area contributed by atoms with Gasteiger partial charge in [0.1, 0.15) is 16.9 Å². The fraction of sp³-hybridized carbons (Fsp3) is 0.278. The third kappa shape index (κ3) is 3.18. The number of nitrogens with two attached hydrogens (primary N) is 1. The molecule has 0 aliphatic carbocycles. The third-order valence-electron chi connectivity index (χ3n) is 3.94. The van der Waals surface area contributed by atoms with Crippen molar-refractivity contribution in [1.29, 1.82) is 0 Å². The van der Waals surface area contributed by atoms with Crippen LogP contribution in [-0.2, 0) is 11.3 Å². The summed E-state index contributed by atoms with van der Waals surface area (Å²) in [6.45, 7) is 5.29. The van der Waals surface area contributed by atoms with Crippen molar-refractivity contribution < 1.29 is 9.53 Å². The summed E-state index contributed by atoms with van der Waals surface area (Å²) in [7, 11) is 1.63. The molecule has 3 N–H and O–H groups in total. The SMILES string of the molecule is C=CCn1c(N)c(C(=O)NCCCOC)c2nc3ccccc3nc21. The van der Waals surface area contributed by atoms with Crippen molar-refractivity contribution >= 4 is 33.9 Å². The highest BCUT2D eigenvalue weighted by atomic mass is 16.5. The van der Waals surface area contributed by atoms with E-state index in [0.29, 0.717) is 42.2 Å². The summed E-state index contributed by atoms with van der Waals surface area (Å²) in [4.78, 5) is 21.9. The Labute approximate surface area is 145 Å². The van der Waals surface area contributed by atoms with E-state index in [1.807, 2.05) is 24.3 Å². The van der Waals surface area contributed by atoms with Crippen LogP contribution in [0.25, 0.3) is 22.2 Å². The summed E-state index contributed by atoms with van der Waals surface area (Å²) in [5, 5.41) is 2.86. The molecule has 0 unspecified atom stereocenters. The lowest BCUT2D eigenvalue weighted by molar-refractivity contribution is 0.0951. The Balaban J connectivity index is 2.09. The normalized spacial score (nSPS) is 11.1. The van der Waals surface area contributed by atoms with Gasteiger partial charge >= 0.3 is 0 Å². The van der Waals surface area contributed by atoms with E-state index in [0.717, 1.165) is 17.5 Å². The molecule has 0 spiro atoms. The van der Waals surface area contributed by atoms with Gasteiger partial charge in [0.15, 0.2) is 5.65 Å². The maximum atomic E-state index is 12.7. The average molecular weight is 339 g/mol. The van der Waals surface area contributed by atoms with E-state index >= 15 is 0 Å². The van der Waals surface area contributed by atoms with Gasteiger partial charge in [-0.05, 0) is 18.6 Å². The number of anilines is 1. The minimum Gasteiger partial charge on any atom is -0.385 e. The van der Waals surface area contributed by atoms with Gasteiger partial charge in [-0.25, -0.2) is 9.97 Å². The second-order valence-electron chi connectivity index (χ2n) is 5.65. The standard InChI is InChI=1S/C18H21N5O2/c1-3-10-23-16(19)14(18(24)20-9-6-11-25-2)15-17(23)22-13-8-5-4-7-12(13)21-15/h3-5,7-8H,1,6,9-11,19H2,2H3,(H,20,24). The predicted molar refractivity (Wildman–Crippen MR) is 98.5 cm³/mol. The van der Waals surface area contributed by atoms with Gasteiger partial charge in [-0.2, -0.15) is 0 Å². The van der Waals surface area contributed by atoms with Crippen LogP contribution in [0.5, 0.6) is 0 Å². The van der Waals surface area contributed by atoms with E-state index in [1.54, 1.807) is 17.8 Å². The van der Waals surface area contributed by atoms with Gasteiger partial charge in [-0.3, -0.25) is 4.79 Å². The van der Waals surface area contributed by atoms with Crippen LogP contribution in [0.2, 0.25) is 0 Å². The molecule has 1 aromatic carbocycles. The highest BCUT2D eigenvalue weighted by Gasteiger charge is 2.23. The summed E-state index contributed by atoms with van der Waals surface area (Å²) in [5.74, 6) is 0.0837. The summed E-state index contributed by atoms with van der Waals surface area (Å²) < 4.78 is 6.75. The van der Waals surface area contributed by atoms with E-state index in [9.17, 15) is 4.79 Å². The number of rotatable bonds is 7. The molecule has 7 nitrogen and oxygen atoms in total. The molecule has 0 fully saturated rings. The van der Waals surface area contributed by atoms with Crippen LogP contribution >= 0.6 is 0 Å². The molecule has 25 heavy (non-hydrogen) atoms. The molecule has 0 bridgehead atoms. The van der Waals surface area contributed by atoms with E-state index in [-0.39, 0.29) is 5.91 Å². The molecule has 1 amide bonds. The van der Waals surface area contributed by atoms with E-state index in [4.69, 9.17) is 10.5 Å². The van der Waals surface area contributed by atoms with Crippen molar-refractivity contribution in [3.63, 3.8) is 0 Å². The van der Waals surface area contributed by atoms with Crippen molar-refractivity contribution in [2.24, 2.45) is 0 Å². The largest absolute Gasteiger partial charge is 0.385 e. The van der Waals surface area contributed by atoms with Gasteiger partial charge in [-0.15, -0.1) is 6.58 Å². The molecule has 7 heteroatoms. The van der Waals surface area contributed by atoms with Crippen LogP contribution in [0.1, 0.15) is 16.8 Å². The van der Waals surface area contributed by atoms with Gasteiger partial charge in [0.05, 0.1) is 11.0 Å². The highest BCUT2D eigenvalue weighted by Crippen LogP contribution is 2.27. The maximum Gasteiger partial charge on any atom is 0.257 e. The first kappa shape index (κ1) is 16.9. The Morgan fingerprint density at radius 1 is 1.36 bits per heavy atom. The van der Waals surface area contributed by atoms with Gasteiger partial charge in [0, 0.05) is 26.8 Å². The first-order valence-corrected chi connectivity index (χ1v) is 8.09. The van der Waals surface area contributed by atoms with Crippen molar-refractivity contribution in [2.75, 3.05) is 26.0 Å². The van der Waals surface area contributed by atoms with Crippen molar-refractivity contribution in [3.05, 3.63) is 42.5 Å². The molecule has 0 saturated carbocycles. The number of fused-ring (bicyclic) bond motifs is 2. The predicted octanol–water partition coefficient (Wildman–Crippen LogP) is 2.12. The summed E-state index contributed by atoms with van der Waals surface area (Å²) in [6, 6.07) is 7.53. The topological polar surface area (TPSA) is 95.1 Å². The lowest BCUT2D eigenvalue weighted by Crippen LogP contribution is -2.26. The minimum absolute atomic E-state index is 0.258.